The van der Waals surface area contributed by atoms with Crippen molar-refractivity contribution < 1.29 is 24.0 Å². The molecule has 1 rings (SSSR count). The number of nitro groups is 1. The lowest BCUT2D eigenvalue weighted by Gasteiger charge is -2.07. The van der Waals surface area contributed by atoms with Gasteiger partial charge in [0.05, 0.1) is 30.3 Å². The Labute approximate surface area is 114 Å². The molecule has 7 heteroatoms. The normalized spacial score (nSPS) is 10.8. The van der Waals surface area contributed by atoms with Crippen LogP contribution in [0.25, 0.3) is 6.08 Å². The maximum atomic E-state index is 11.6. The average Bonchev–Trinajstić information content (AvgIpc) is 2.45. The number of rotatable bonds is 4. The fourth-order valence-electron chi connectivity index (χ4n) is 1.51. The zero-order valence-corrected chi connectivity index (χ0v) is 11.2. The first kappa shape index (κ1) is 15.4. The Kier molecular flexibility index (Phi) is 4.96. The molecule has 7 nitrogen and oxygen atoms in total. The molecule has 0 aliphatic carbocycles. The van der Waals surface area contributed by atoms with E-state index >= 15 is 0 Å². The molecule has 0 spiro atoms. The first-order valence-corrected chi connectivity index (χ1v) is 5.54. The zero-order valence-electron chi connectivity index (χ0n) is 11.2. The van der Waals surface area contributed by atoms with Gasteiger partial charge in [0.1, 0.15) is 0 Å². The molecule has 0 saturated carbocycles. The van der Waals surface area contributed by atoms with E-state index in [2.05, 4.69) is 9.47 Å². The van der Waals surface area contributed by atoms with Gasteiger partial charge < -0.3 is 9.47 Å². The summed E-state index contributed by atoms with van der Waals surface area (Å²) < 4.78 is 9.14. The van der Waals surface area contributed by atoms with Crippen LogP contribution in [-0.2, 0) is 9.47 Å². The molecule has 0 aliphatic heterocycles. The van der Waals surface area contributed by atoms with Crippen molar-refractivity contribution in [2.75, 3.05) is 14.2 Å². The summed E-state index contributed by atoms with van der Waals surface area (Å²) in [6.07, 6.45) is 1.29. The fraction of sp³-hybridized carbons (Fsp3) is 0.231. The summed E-state index contributed by atoms with van der Waals surface area (Å²) in [5.74, 6) is -1.41. The van der Waals surface area contributed by atoms with E-state index in [1.807, 2.05) is 0 Å². The van der Waals surface area contributed by atoms with Gasteiger partial charge in [-0.05, 0) is 17.7 Å². The minimum Gasteiger partial charge on any atom is -0.465 e. The maximum absolute atomic E-state index is 11.6. The first-order chi connectivity index (χ1) is 9.40. The molecular weight excluding hydrogens is 266 g/mol. The number of hydrogen-bond donors (Lipinski definition) is 0. The highest BCUT2D eigenvalue weighted by Crippen LogP contribution is 2.17. The molecule has 0 aromatic heterocycles. The molecule has 0 atom stereocenters. The Balaban J connectivity index is 3.35. The summed E-state index contributed by atoms with van der Waals surface area (Å²) >= 11 is 0. The summed E-state index contributed by atoms with van der Waals surface area (Å²) in [5.41, 5.74) is 0.346. The number of nitrogens with zero attached hydrogens (tertiary/aromatic N) is 1. The van der Waals surface area contributed by atoms with E-state index in [0.29, 0.717) is 5.56 Å². The molecule has 0 saturated heterocycles. The van der Waals surface area contributed by atoms with E-state index < -0.39 is 16.9 Å². The van der Waals surface area contributed by atoms with Crippen LogP contribution < -0.4 is 0 Å². The Morgan fingerprint density at radius 2 is 1.70 bits per heavy atom. The van der Waals surface area contributed by atoms with Gasteiger partial charge in [-0.25, -0.2) is 9.59 Å². The van der Waals surface area contributed by atoms with Crippen LogP contribution in [0.2, 0.25) is 0 Å². The third-order valence-electron chi connectivity index (χ3n) is 2.52. The zero-order chi connectivity index (χ0) is 15.3. The molecule has 1 aromatic carbocycles. The second-order valence-electron chi connectivity index (χ2n) is 3.83. The first-order valence-electron chi connectivity index (χ1n) is 5.54. The smallest absolute Gasteiger partial charge is 0.338 e. The third-order valence-corrected chi connectivity index (χ3v) is 2.52. The van der Waals surface area contributed by atoms with Gasteiger partial charge in [0.25, 0.3) is 0 Å². The van der Waals surface area contributed by atoms with Crippen molar-refractivity contribution in [2.45, 2.75) is 6.92 Å². The van der Waals surface area contributed by atoms with E-state index in [0.717, 1.165) is 0 Å². The van der Waals surface area contributed by atoms with Gasteiger partial charge in [0.15, 0.2) is 0 Å². The maximum Gasteiger partial charge on any atom is 0.338 e. The van der Waals surface area contributed by atoms with E-state index in [1.54, 1.807) is 0 Å². The van der Waals surface area contributed by atoms with Gasteiger partial charge in [-0.1, -0.05) is 6.07 Å². The summed E-state index contributed by atoms with van der Waals surface area (Å²) in [5, 5.41) is 10.6. The SMILES string of the molecule is COC(=O)c1ccc(/C=C(\C)[N+](=O)[O-])cc1C(=O)OC. The molecule has 106 valence electrons. The Bertz CT molecular complexity index is 591. The molecular formula is C13H13NO6. The molecule has 0 amide bonds. The molecule has 0 N–H and O–H groups in total. The van der Waals surface area contributed by atoms with Crippen molar-refractivity contribution >= 4 is 18.0 Å². The van der Waals surface area contributed by atoms with E-state index in [4.69, 9.17) is 0 Å². The van der Waals surface area contributed by atoms with Crippen molar-refractivity contribution in [3.05, 3.63) is 50.7 Å². The van der Waals surface area contributed by atoms with Crippen molar-refractivity contribution in [2.24, 2.45) is 0 Å². The van der Waals surface area contributed by atoms with Crippen LogP contribution in [0.1, 0.15) is 33.2 Å². The molecule has 20 heavy (non-hydrogen) atoms. The van der Waals surface area contributed by atoms with Gasteiger partial charge in [-0.2, -0.15) is 0 Å². The number of ether oxygens (including phenoxy) is 2. The fourth-order valence-corrected chi connectivity index (χ4v) is 1.51. The van der Waals surface area contributed by atoms with Crippen LogP contribution >= 0.6 is 0 Å². The lowest BCUT2D eigenvalue weighted by molar-refractivity contribution is -0.422. The van der Waals surface area contributed by atoms with Crippen LogP contribution in [0.15, 0.2) is 23.9 Å². The Hall–Kier alpha value is -2.70. The predicted molar refractivity (Wildman–Crippen MR) is 69.8 cm³/mol. The van der Waals surface area contributed by atoms with Crippen molar-refractivity contribution in [3.8, 4) is 0 Å². The number of benzene rings is 1. The molecule has 0 bridgehead atoms. The number of methoxy groups -OCH3 is 2. The summed E-state index contributed by atoms with van der Waals surface area (Å²) in [7, 11) is 2.36. The summed E-state index contributed by atoms with van der Waals surface area (Å²) in [6.45, 7) is 1.33. The minimum absolute atomic E-state index is 0.00996. The number of carbonyl (C=O) groups is 2. The van der Waals surface area contributed by atoms with Crippen LogP contribution in [0.5, 0.6) is 0 Å². The minimum atomic E-state index is -0.723. The van der Waals surface area contributed by atoms with Gasteiger partial charge in [-0.15, -0.1) is 0 Å². The highest BCUT2D eigenvalue weighted by atomic mass is 16.6. The molecule has 0 radical (unpaired) electrons. The lowest BCUT2D eigenvalue weighted by atomic mass is 10.0. The second kappa shape index (κ2) is 6.46. The van der Waals surface area contributed by atoms with E-state index in [9.17, 15) is 19.7 Å². The monoisotopic (exact) mass is 279 g/mol. The van der Waals surface area contributed by atoms with Gasteiger partial charge in [-0.3, -0.25) is 10.1 Å². The molecule has 0 unspecified atom stereocenters. The highest BCUT2D eigenvalue weighted by molar-refractivity contribution is 6.03. The van der Waals surface area contributed by atoms with Crippen LogP contribution in [0.4, 0.5) is 0 Å². The van der Waals surface area contributed by atoms with Crippen molar-refractivity contribution in [3.63, 3.8) is 0 Å². The van der Waals surface area contributed by atoms with Crippen LogP contribution in [0, 0.1) is 10.1 Å². The molecule has 0 heterocycles. The molecule has 0 fully saturated rings. The third kappa shape index (κ3) is 3.41. The van der Waals surface area contributed by atoms with Gasteiger partial charge in [0, 0.05) is 13.0 Å². The standard InChI is InChI=1S/C13H13NO6/c1-8(14(17)18)6-9-4-5-10(12(15)19-2)11(7-9)13(16)20-3/h4-7H,1-3H3/b8-6+. The average molecular weight is 279 g/mol. The quantitative estimate of drug-likeness (QED) is 0.474. The molecule has 1 aromatic rings. The topological polar surface area (TPSA) is 95.7 Å². The second-order valence-corrected chi connectivity index (χ2v) is 3.83. The summed E-state index contributed by atoms with van der Waals surface area (Å²) in [6, 6.07) is 4.17. The predicted octanol–water partition coefficient (Wildman–Crippen LogP) is 1.90. The van der Waals surface area contributed by atoms with Crippen molar-refractivity contribution in [1.82, 2.24) is 0 Å². The van der Waals surface area contributed by atoms with Gasteiger partial charge in [0.2, 0.25) is 5.70 Å². The number of esters is 2. The number of hydrogen-bond acceptors (Lipinski definition) is 6. The van der Waals surface area contributed by atoms with Crippen LogP contribution in [0.3, 0.4) is 0 Å². The summed E-state index contributed by atoms with van der Waals surface area (Å²) in [4.78, 5) is 33.2. The van der Waals surface area contributed by atoms with Crippen LogP contribution in [-0.4, -0.2) is 31.1 Å². The van der Waals surface area contributed by atoms with Crippen molar-refractivity contribution in [1.29, 1.82) is 0 Å². The number of allylic oxidation sites excluding steroid dienone is 1. The Morgan fingerprint density at radius 3 is 2.20 bits per heavy atom. The lowest BCUT2D eigenvalue weighted by Crippen LogP contribution is -2.12. The van der Waals surface area contributed by atoms with E-state index in [-0.39, 0.29) is 16.8 Å². The highest BCUT2D eigenvalue weighted by Gasteiger charge is 2.18. The number of carbonyl (C=O) groups excluding carboxylic acids is 2. The van der Waals surface area contributed by atoms with Gasteiger partial charge >= 0.3 is 11.9 Å². The molecule has 0 aliphatic rings. The largest absolute Gasteiger partial charge is 0.465 e. The Morgan fingerprint density at radius 1 is 1.15 bits per heavy atom. The van der Waals surface area contributed by atoms with E-state index in [1.165, 1.54) is 45.4 Å².